The van der Waals surface area contributed by atoms with E-state index in [9.17, 15) is 4.79 Å². The number of ether oxygens (including phenoxy) is 1. The van der Waals surface area contributed by atoms with Crippen LogP contribution in [0.1, 0.15) is 19.2 Å². The van der Waals surface area contributed by atoms with Crippen molar-refractivity contribution in [2.45, 2.75) is 26.0 Å². The highest BCUT2D eigenvalue weighted by Crippen LogP contribution is 2.21. The van der Waals surface area contributed by atoms with Crippen LogP contribution in [0.15, 0.2) is 52.4 Å². The molecule has 2 aromatic heterocycles. The van der Waals surface area contributed by atoms with Gasteiger partial charge in [0.2, 0.25) is 11.7 Å². The van der Waals surface area contributed by atoms with Gasteiger partial charge in [-0.15, -0.1) is 11.3 Å². The first-order valence-electron chi connectivity index (χ1n) is 8.00. The minimum absolute atomic E-state index is 0.123. The lowest BCUT2D eigenvalue weighted by atomic mass is 10.2. The maximum absolute atomic E-state index is 12.6. The largest absolute Gasteiger partial charge is 0.481 e. The van der Waals surface area contributed by atoms with E-state index < -0.39 is 6.10 Å². The van der Waals surface area contributed by atoms with Crippen LogP contribution in [0.2, 0.25) is 0 Å². The first-order valence-corrected chi connectivity index (χ1v) is 8.88. The van der Waals surface area contributed by atoms with Crippen molar-refractivity contribution in [3.63, 3.8) is 0 Å². The number of likely N-dealkylation sites (N-methyl/N-ethyl adjacent to an activating group) is 1. The quantitative estimate of drug-likeness (QED) is 0.646. The molecule has 0 unspecified atom stereocenters. The summed E-state index contributed by atoms with van der Waals surface area (Å²) in [6.45, 7) is 2.16. The van der Waals surface area contributed by atoms with Crippen LogP contribution in [-0.2, 0) is 11.3 Å². The second-order valence-corrected chi connectivity index (χ2v) is 6.46. The van der Waals surface area contributed by atoms with Crippen LogP contribution in [0.4, 0.5) is 0 Å². The van der Waals surface area contributed by atoms with E-state index in [0.29, 0.717) is 23.9 Å². The van der Waals surface area contributed by atoms with Gasteiger partial charge in [0.1, 0.15) is 5.75 Å². The zero-order valence-electron chi connectivity index (χ0n) is 14.1. The Balaban J connectivity index is 1.63. The molecule has 1 amide bonds. The number of hydrogen-bond acceptors (Lipinski definition) is 6. The van der Waals surface area contributed by atoms with Gasteiger partial charge in [0.25, 0.3) is 5.91 Å². The van der Waals surface area contributed by atoms with Crippen molar-refractivity contribution in [1.29, 1.82) is 0 Å². The van der Waals surface area contributed by atoms with E-state index in [1.165, 1.54) is 11.3 Å². The SMILES string of the molecule is CC[C@@H](Oc1ccccc1)C(=O)N(C)Cc1nc(-c2cccs2)no1. The third-order valence-electron chi connectivity index (χ3n) is 3.63. The van der Waals surface area contributed by atoms with Gasteiger partial charge in [0, 0.05) is 7.05 Å². The average molecular weight is 357 g/mol. The number of amides is 1. The zero-order valence-corrected chi connectivity index (χ0v) is 14.9. The van der Waals surface area contributed by atoms with Gasteiger partial charge < -0.3 is 14.2 Å². The second-order valence-electron chi connectivity index (χ2n) is 5.51. The van der Waals surface area contributed by atoms with E-state index >= 15 is 0 Å². The first kappa shape index (κ1) is 17.2. The third-order valence-corrected chi connectivity index (χ3v) is 4.49. The van der Waals surface area contributed by atoms with Gasteiger partial charge in [0.15, 0.2) is 6.10 Å². The summed E-state index contributed by atoms with van der Waals surface area (Å²) in [6, 6.07) is 13.2. The van der Waals surface area contributed by atoms with Crippen molar-refractivity contribution < 1.29 is 14.1 Å². The molecule has 0 N–H and O–H groups in total. The number of nitrogens with zero attached hydrogens (tertiary/aromatic N) is 3. The number of para-hydroxylation sites is 1. The summed E-state index contributed by atoms with van der Waals surface area (Å²) in [5.41, 5.74) is 0. The molecule has 6 nitrogen and oxygen atoms in total. The fraction of sp³-hybridized carbons (Fsp3) is 0.278. The summed E-state index contributed by atoms with van der Waals surface area (Å²) >= 11 is 1.54. The fourth-order valence-corrected chi connectivity index (χ4v) is 2.97. The highest BCUT2D eigenvalue weighted by Gasteiger charge is 2.24. The molecular weight excluding hydrogens is 338 g/mol. The molecule has 0 aliphatic carbocycles. The topological polar surface area (TPSA) is 68.5 Å². The van der Waals surface area contributed by atoms with Crippen molar-refractivity contribution in [2.75, 3.05) is 7.05 Å². The van der Waals surface area contributed by atoms with Gasteiger partial charge in [0.05, 0.1) is 11.4 Å². The van der Waals surface area contributed by atoms with Crippen LogP contribution in [-0.4, -0.2) is 34.1 Å². The number of hydrogen-bond donors (Lipinski definition) is 0. The summed E-state index contributed by atoms with van der Waals surface area (Å²) in [4.78, 5) is 19.5. The van der Waals surface area contributed by atoms with Gasteiger partial charge in [-0.25, -0.2) is 0 Å². The van der Waals surface area contributed by atoms with E-state index in [2.05, 4.69) is 10.1 Å². The molecule has 0 saturated carbocycles. The van der Waals surface area contributed by atoms with Crippen molar-refractivity contribution in [2.24, 2.45) is 0 Å². The Morgan fingerprint density at radius 1 is 1.28 bits per heavy atom. The first-order chi connectivity index (χ1) is 12.2. The average Bonchev–Trinajstić information content (AvgIpc) is 3.31. The van der Waals surface area contributed by atoms with Crippen molar-refractivity contribution in [3.8, 4) is 16.5 Å². The highest BCUT2D eigenvalue weighted by atomic mass is 32.1. The van der Waals surface area contributed by atoms with E-state index in [-0.39, 0.29) is 12.5 Å². The van der Waals surface area contributed by atoms with Crippen molar-refractivity contribution in [3.05, 3.63) is 53.7 Å². The van der Waals surface area contributed by atoms with Crippen LogP contribution in [0.5, 0.6) is 5.75 Å². The Morgan fingerprint density at radius 3 is 2.76 bits per heavy atom. The highest BCUT2D eigenvalue weighted by molar-refractivity contribution is 7.13. The van der Waals surface area contributed by atoms with Crippen LogP contribution in [0.3, 0.4) is 0 Å². The summed E-state index contributed by atoms with van der Waals surface area (Å²) in [5, 5.41) is 5.91. The molecule has 0 spiro atoms. The van der Waals surface area contributed by atoms with Crippen LogP contribution in [0.25, 0.3) is 10.7 Å². The van der Waals surface area contributed by atoms with Gasteiger partial charge >= 0.3 is 0 Å². The van der Waals surface area contributed by atoms with Crippen molar-refractivity contribution in [1.82, 2.24) is 15.0 Å². The molecule has 0 bridgehead atoms. The van der Waals surface area contributed by atoms with E-state index in [1.807, 2.05) is 54.8 Å². The van der Waals surface area contributed by atoms with Crippen LogP contribution >= 0.6 is 11.3 Å². The molecular formula is C18H19N3O3S. The molecule has 0 saturated heterocycles. The molecule has 3 aromatic rings. The molecule has 0 aliphatic rings. The second kappa shape index (κ2) is 7.94. The minimum Gasteiger partial charge on any atom is -0.481 e. The van der Waals surface area contributed by atoms with Crippen LogP contribution in [0, 0.1) is 0 Å². The van der Waals surface area contributed by atoms with Gasteiger partial charge in [-0.1, -0.05) is 36.3 Å². The Kier molecular flexibility index (Phi) is 5.45. The number of benzene rings is 1. The minimum atomic E-state index is -0.549. The van der Waals surface area contributed by atoms with E-state index in [4.69, 9.17) is 9.26 Å². The summed E-state index contributed by atoms with van der Waals surface area (Å²) in [5.74, 6) is 1.49. The zero-order chi connectivity index (χ0) is 17.6. The Labute approximate surface area is 150 Å². The van der Waals surface area contributed by atoms with Gasteiger partial charge in [-0.3, -0.25) is 4.79 Å². The van der Waals surface area contributed by atoms with Crippen LogP contribution < -0.4 is 4.74 Å². The lowest BCUT2D eigenvalue weighted by Crippen LogP contribution is -2.39. The molecule has 0 radical (unpaired) electrons. The third kappa shape index (κ3) is 4.24. The molecule has 1 atom stereocenters. The smallest absolute Gasteiger partial charge is 0.263 e. The normalized spacial score (nSPS) is 11.9. The number of aromatic nitrogens is 2. The van der Waals surface area contributed by atoms with Gasteiger partial charge in [-0.2, -0.15) is 4.98 Å². The molecule has 2 heterocycles. The van der Waals surface area contributed by atoms with E-state index in [1.54, 1.807) is 11.9 Å². The molecule has 25 heavy (non-hydrogen) atoms. The summed E-state index contributed by atoms with van der Waals surface area (Å²) in [7, 11) is 1.70. The number of carbonyl (C=O) groups excluding carboxylic acids is 1. The number of rotatable bonds is 7. The van der Waals surface area contributed by atoms with E-state index in [0.717, 1.165) is 4.88 Å². The predicted octanol–water partition coefficient (Wildman–Crippen LogP) is 3.61. The molecule has 0 fully saturated rings. The number of carbonyl (C=O) groups is 1. The summed E-state index contributed by atoms with van der Waals surface area (Å²) in [6.07, 6.45) is 0.0228. The molecule has 0 aliphatic heterocycles. The predicted molar refractivity (Wildman–Crippen MR) is 95.2 cm³/mol. The molecule has 3 rings (SSSR count). The maximum atomic E-state index is 12.6. The standard InChI is InChI=1S/C18H19N3O3S/c1-3-14(23-13-8-5-4-6-9-13)18(22)21(2)12-16-19-17(20-24-16)15-10-7-11-25-15/h4-11,14H,3,12H2,1-2H3/t14-/m1/s1. The fourth-order valence-electron chi connectivity index (χ4n) is 2.32. The lowest BCUT2D eigenvalue weighted by Gasteiger charge is -2.22. The monoisotopic (exact) mass is 357 g/mol. The molecule has 1 aromatic carbocycles. The Hall–Kier alpha value is -2.67. The Morgan fingerprint density at radius 2 is 2.08 bits per heavy atom. The maximum Gasteiger partial charge on any atom is 0.263 e. The molecule has 130 valence electrons. The summed E-state index contributed by atoms with van der Waals surface area (Å²) < 4.78 is 11.0. The number of thiophene rings is 1. The Bertz CT molecular complexity index is 802. The van der Waals surface area contributed by atoms with Gasteiger partial charge in [-0.05, 0) is 30.0 Å². The lowest BCUT2D eigenvalue weighted by molar-refractivity contribution is -0.138. The van der Waals surface area contributed by atoms with Crippen molar-refractivity contribution >= 4 is 17.2 Å². The molecule has 7 heteroatoms.